The zero-order chi connectivity index (χ0) is 14.3. The van der Waals surface area contributed by atoms with Gasteiger partial charge in [0.25, 0.3) is 0 Å². The lowest BCUT2D eigenvalue weighted by atomic mass is 10.1. The van der Waals surface area contributed by atoms with E-state index in [9.17, 15) is 5.11 Å². The third-order valence-electron chi connectivity index (χ3n) is 3.37. The number of fused-ring (bicyclic) bond motifs is 1. The highest BCUT2D eigenvalue weighted by atomic mass is 16.5. The van der Waals surface area contributed by atoms with Gasteiger partial charge in [0, 0.05) is 0 Å². The van der Waals surface area contributed by atoms with Crippen LogP contribution in [0.25, 0.3) is 11.2 Å². The topological polar surface area (TPSA) is 157 Å². The van der Waals surface area contributed by atoms with Crippen molar-refractivity contribution in [1.82, 2.24) is 19.5 Å². The summed E-state index contributed by atoms with van der Waals surface area (Å²) in [7, 11) is 0. The van der Waals surface area contributed by atoms with E-state index in [0.717, 1.165) is 0 Å². The number of aliphatic hydroxyl groups excluding tert-OH is 2. The van der Waals surface area contributed by atoms with Crippen molar-refractivity contribution in [2.75, 3.05) is 12.0 Å². The molecule has 0 radical (unpaired) electrons. The van der Waals surface area contributed by atoms with E-state index in [0.29, 0.717) is 17.0 Å². The van der Waals surface area contributed by atoms with Crippen LogP contribution >= 0.6 is 0 Å². The largest absolute Gasteiger partial charge is 0.394 e. The second kappa shape index (κ2) is 4.92. The standard InChI is InChI=1S/C10H15N7O3/c11-5-7(19)4(1-18)20-10(5)17-3-15-6-8(16-12)13-2-14-9(6)17/h2-5,7,10,18-19H,1,11-12H2,(H,13,14,16)/t4-,5?,7?,10-/m1/s1. The van der Waals surface area contributed by atoms with Gasteiger partial charge in [0.1, 0.15) is 18.5 Å². The Bertz CT molecular complexity index is 618. The van der Waals surface area contributed by atoms with Crippen molar-refractivity contribution in [1.29, 1.82) is 0 Å². The monoisotopic (exact) mass is 281 g/mol. The SMILES string of the molecule is NNc1ncnc2c1ncn2[C@@H]1O[C@H](CO)C(O)C1N. The fourth-order valence-corrected chi connectivity index (χ4v) is 2.31. The number of anilines is 1. The molecule has 2 aromatic heterocycles. The van der Waals surface area contributed by atoms with Gasteiger partial charge in [-0.3, -0.25) is 4.57 Å². The molecule has 0 amide bonds. The summed E-state index contributed by atoms with van der Waals surface area (Å²) in [6, 6.07) is -0.700. The molecule has 10 nitrogen and oxygen atoms in total. The Morgan fingerprint density at radius 3 is 2.85 bits per heavy atom. The Kier molecular flexibility index (Phi) is 3.23. The Balaban J connectivity index is 2.03. The molecule has 2 aromatic rings. The van der Waals surface area contributed by atoms with E-state index in [1.165, 1.54) is 12.7 Å². The summed E-state index contributed by atoms with van der Waals surface area (Å²) in [4.78, 5) is 12.2. The number of hydrogen-bond acceptors (Lipinski definition) is 9. The van der Waals surface area contributed by atoms with Crippen molar-refractivity contribution < 1.29 is 14.9 Å². The first kappa shape index (κ1) is 13.1. The van der Waals surface area contributed by atoms with Gasteiger partial charge in [-0.15, -0.1) is 0 Å². The molecule has 1 saturated heterocycles. The van der Waals surface area contributed by atoms with Gasteiger partial charge in [0.2, 0.25) is 0 Å². The van der Waals surface area contributed by atoms with E-state index in [4.69, 9.17) is 21.4 Å². The van der Waals surface area contributed by atoms with Crippen LogP contribution in [0, 0.1) is 0 Å². The molecule has 2 unspecified atom stereocenters. The summed E-state index contributed by atoms with van der Waals surface area (Å²) in [6.07, 6.45) is 0.443. The van der Waals surface area contributed by atoms with Gasteiger partial charge in [-0.2, -0.15) is 0 Å². The van der Waals surface area contributed by atoms with E-state index in [2.05, 4.69) is 20.4 Å². The predicted molar refractivity (Wildman–Crippen MR) is 68.1 cm³/mol. The lowest BCUT2D eigenvalue weighted by Crippen LogP contribution is -2.39. The Labute approximate surface area is 113 Å². The highest BCUT2D eigenvalue weighted by Gasteiger charge is 2.42. The highest BCUT2D eigenvalue weighted by molar-refractivity contribution is 5.82. The number of imidazole rings is 1. The number of ether oxygens (including phenoxy) is 1. The fraction of sp³-hybridized carbons (Fsp3) is 0.500. The first-order chi connectivity index (χ1) is 9.67. The van der Waals surface area contributed by atoms with Crippen LogP contribution < -0.4 is 17.0 Å². The average molecular weight is 281 g/mol. The van der Waals surface area contributed by atoms with E-state index < -0.39 is 24.5 Å². The zero-order valence-electron chi connectivity index (χ0n) is 10.4. The number of nitrogens with zero attached hydrogens (tertiary/aromatic N) is 4. The van der Waals surface area contributed by atoms with Gasteiger partial charge in [-0.05, 0) is 0 Å². The first-order valence-corrected chi connectivity index (χ1v) is 6.01. The van der Waals surface area contributed by atoms with Crippen molar-refractivity contribution in [2.24, 2.45) is 11.6 Å². The maximum Gasteiger partial charge on any atom is 0.171 e. The van der Waals surface area contributed by atoms with Crippen LogP contribution in [-0.4, -0.2) is 54.6 Å². The van der Waals surface area contributed by atoms with Crippen LogP contribution in [0.2, 0.25) is 0 Å². The second-order valence-electron chi connectivity index (χ2n) is 4.51. The van der Waals surface area contributed by atoms with Crippen molar-refractivity contribution in [3.05, 3.63) is 12.7 Å². The predicted octanol–water partition coefficient (Wildman–Crippen LogP) is -2.31. The maximum atomic E-state index is 9.89. The van der Waals surface area contributed by atoms with Crippen molar-refractivity contribution in [3.63, 3.8) is 0 Å². The summed E-state index contributed by atoms with van der Waals surface area (Å²) in [5.41, 5.74) is 9.29. The minimum Gasteiger partial charge on any atom is -0.394 e. The van der Waals surface area contributed by atoms with Crippen LogP contribution in [0.5, 0.6) is 0 Å². The molecule has 0 bridgehead atoms. The molecule has 3 rings (SSSR count). The van der Waals surface area contributed by atoms with Crippen LogP contribution in [0.1, 0.15) is 6.23 Å². The number of aliphatic hydroxyl groups is 2. The quantitative estimate of drug-likeness (QED) is 0.308. The van der Waals surface area contributed by atoms with Crippen molar-refractivity contribution in [3.8, 4) is 0 Å². The lowest BCUT2D eigenvalue weighted by Gasteiger charge is -2.17. The number of rotatable bonds is 3. The van der Waals surface area contributed by atoms with Crippen LogP contribution in [0.4, 0.5) is 5.82 Å². The summed E-state index contributed by atoms with van der Waals surface area (Å²) >= 11 is 0. The maximum absolute atomic E-state index is 9.89. The molecular formula is C10H15N7O3. The van der Waals surface area contributed by atoms with E-state index >= 15 is 0 Å². The van der Waals surface area contributed by atoms with E-state index in [1.54, 1.807) is 4.57 Å². The summed E-state index contributed by atoms with van der Waals surface area (Å²) < 4.78 is 7.13. The smallest absolute Gasteiger partial charge is 0.171 e. The fourth-order valence-electron chi connectivity index (χ4n) is 2.31. The zero-order valence-corrected chi connectivity index (χ0v) is 10.4. The van der Waals surface area contributed by atoms with E-state index in [-0.39, 0.29) is 6.61 Å². The number of nitrogens with one attached hydrogen (secondary N) is 1. The molecule has 0 spiro atoms. The third kappa shape index (κ3) is 1.82. The Morgan fingerprint density at radius 2 is 2.20 bits per heavy atom. The lowest BCUT2D eigenvalue weighted by molar-refractivity contribution is -0.0437. The van der Waals surface area contributed by atoms with Crippen molar-refractivity contribution in [2.45, 2.75) is 24.5 Å². The molecule has 0 aliphatic carbocycles. The molecule has 3 heterocycles. The molecule has 7 N–H and O–H groups in total. The molecular weight excluding hydrogens is 266 g/mol. The molecule has 0 aromatic carbocycles. The average Bonchev–Trinajstić information content (AvgIpc) is 3.01. The van der Waals surface area contributed by atoms with E-state index in [1.807, 2.05) is 0 Å². The Morgan fingerprint density at radius 1 is 1.40 bits per heavy atom. The minimum atomic E-state index is -0.962. The summed E-state index contributed by atoms with van der Waals surface area (Å²) in [5, 5.41) is 19.0. The number of nitrogen functional groups attached to an aromatic ring is 1. The van der Waals surface area contributed by atoms with Gasteiger partial charge in [-0.1, -0.05) is 0 Å². The first-order valence-electron chi connectivity index (χ1n) is 6.01. The summed E-state index contributed by atoms with van der Waals surface area (Å²) in [5.74, 6) is 5.73. The molecule has 108 valence electrons. The molecule has 10 heteroatoms. The molecule has 1 aliphatic rings. The third-order valence-corrected chi connectivity index (χ3v) is 3.37. The summed E-state index contributed by atoms with van der Waals surface area (Å²) in [6.45, 7) is -0.317. The van der Waals surface area contributed by atoms with Gasteiger partial charge in [0.05, 0.1) is 19.0 Å². The number of hydrazine groups is 1. The number of aromatic nitrogens is 4. The molecule has 4 atom stereocenters. The van der Waals surface area contributed by atoms with Gasteiger partial charge in [-0.25, -0.2) is 20.8 Å². The molecule has 1 fully saturated rings. The second-order valence-corrected chi connectivity index (χ2v) is 4.51. The molecule has 0 saturated carbocycles. The van der Waals surface area contributed by atoms with Crippen LogP contribution in [0.15, 0.2) is 12.7 Å². The normalized spacial score (nSPS) is 30.0. The molecule has 20 heavy (non-hydrogen) atoms. The van der Waals surface area contributed by atoms with Gasteiger partial charge < -0.3 is 26.1 Å². The van der Waals surface area contributed by atoms with Crippen LogP contribution in [-0.2, 0) is 4.74 Å². The minimum absolute atomic E-state index is 0.317. The molecule has 1 aliphatic heterocycles. The van der Waals surface area contributed by atoms with Gasteiger partial charge >= 0.3 is 0 Å². The number of hydrogen-bond donors (Lipinski definition) is 5. The number of nitrogens with two attached hydrogens (primary N) is 2. The highest BCUT2D eigenvalue weighted by Crippen LogP contribution is 2.30. The van der Waals surface area contributed by atoms with Gasteiger partial charge in [0.15, 0.2) is 23.2 Å². The Hall–Kier alpha value is -1.85. The van der Waals surface area contributed by atoms with Crippen LogP contribution in [0.3, 0.4) is 0 Å². The van der Waals surface area contributed by atoms with Crippen molar-refractivity contribution >= 4 is 17.0 Å².